The predicted molar refractivity (Wildman–Crippen MR) is 165 cm³/mol. The highest BCUT2D eigenvalue weighted by atomic mass is 19.1. The van der Waals surface area contributed by atoms with Crippen molar-refractivity contribution in [2.24, 2.45) is 11.8 Å². The number of halogens is 1. The minimum absolute atomic E-state index is 0.0232. The maximum Gasteiger partial charge on any atom is 0.265 e. The van der Waals surface area contributed by atoms with Crippen molar-refractivity contribution >= 4 is 23.2 Å². The first kappa shape index (κ1) is 31.8. The number of fused-ring (bicyclic) bond motifs is 5. The lowest BCUT2D eigenvalue weighted by atomic mass is 9.57. The lowest BCUT2D eigenvalue weighted by Gasteiger charge is -2.49. The molecule has 5 aliphatic rings. The standard InChI is InChI=1S/C34H41FN4O8/c1-4-5-10-46-33-25-30(47-37-33)27(38(2)3)21-12-16-11-18-24(29(42)23(16)31(43)34(21,45)32(25)44)28(41)20-15-39(14-19(20)26(18)35)22(40)13-36-17-8-6-7-9-17/h16-17,21,27,36,41-42,45H,4-15H2,1-3H3/t16-,21-,27-,34-/m0/s1. The summed E-state index contributed by atoms with van der Waals surface area (Å²) in [6, 6.07) is -0.479. The molecule has 4 aliphatic carbocycles. The number of Topliss-reactive ketones (excluding diaryl/α,β-unsaturated/α-hetero) is 2. The first-order chi connectivity index (χ1) is 22.5. The Hall–Kier alpha value is -3.81. The molecule has 0 radical (unpaired) electrons. The van der Waals surface area contributed by atoms with E-state index < -0.39 is 52.4 Å². The Kier molecular flexibility index (Phi) is 7.91. The summed E-state index contributed by atoms with van der Waals surface area (Å²) in [5, 5.41) is 42.4. The highest BCUT2D eigenvalue weighted by Gasteiger charge is 2.65. The molecule has 12 nitrogen and oxygen atoms in total. The van der Waals surface area contributed by atoms with Crippen LogP contribution in [0.5, 0.6) is 11.6 Å². The molecule has 4 N–H and O–H groups in total. The first-order valence-corrected chi connectivity index (χ1v) is 16.6. The Bertz CT molecular complexity index is 1690. The number of phenolic OH excluding ortho intramolecular Hbond substituents is 1. The second-order valence-electron chi connectivity index (χ2n) is 13.9. The quantitative estimate of drug-likeness (QED) is 0.244. The van der Waals surface area contributed by atoms with Gasteiger partial charge in [0.2, 0.25) is 17.5 Å². The van der Waals surface area contributed by atoms with E-state index >= 15 is 4.39 Å². The molecule has 2 saturated carbocycles. The molecule has 0 unspecified atom stereocenters. The van der Waals surface area contributed by atoms with Crippen LogP contribution in [-0.2, 0) is 29.1 Å². The highest BCUT2D eigenvalue weighted by Crippen LogP contribution is 2.56. The zero-order valence-electron chi connectivity index (χ0n) is 26.9. The van der Waals surface area contributed by atoms with Crippen LogP contribution in [0.4, 0.5) is 4.39 Å². The van der Waals surface area contributed by atoms with E-state index in [9.17, 15) is 29.7 Å². The van der Waals surface area contributed by atoms with E-state index in [-0.39, 0.29) is 96.1 Å². The van der Waals surface area contributed by atoms with E-state index in [1.54, 1.807) is 19.0 Å². The molecule has 0 saturated heterocycles. The van der Waals surface area contributed by atoms with Gasteiger partial charge in [-0.1, -0.05) is 26.2 Å². The number of benzene rings is 1. The fourth-order valence-corrected chi connectivity index (χ4v) is 8.46. The molecule has 1 amide bonds. The monoisotopic (exact) mass is 652 g/mol. The number of nitrogens with one attached hydrogen (secondary N) is 1. The van der Waals surface area contributed by atoms with Crippen LogP contribution in [0.15, 0.2) is 10.1 Å². The fraction of sp³-hybridized carbons (Fsp3) is 0.588. The van der Waals surface area contributed by atoms with Crippen LogP contribution < -0.4 is 10.1 Å². The third-order valence-electron chi connectivity index (χ3n) is 10.9. The van der Waals surface area contributed by atoms with Gasteiger partial charge in [0.05, 0.1) is 31.3 Å². The Morgan fingerprint density at radius 1 is 1.13 bits per heavy atom. The number of ketones is 2. The largest absolute Gasteiger partial charge is 0.507 e. The van der Waals surface area contributed by atoms with Crippen LogP contribution in [0.1, 0.15) is 96.3 Å². The van der Waals surface area contributed by atoms with Gasteiger partial charge in [0.25, 0.3) is 5.88 Å². The molecule has 1 aromatic carbocycles. The van der Waals surface area contributed by atoms with Crippen LogP contribution in [0.3, 0.4) is 0 Å². The summed E-state index contributed by atoms with van der Waals surface area (Å²) in [5.74, 6) is -5.55. The van der Waals surface area contributed by atoms with Gasteiger partial charge in [0.15, 0.2) is 11.4 Å². The summed E-state index contributed by atoms with van der Waals surface area (Å²) in [6.07, 6.45) is 5.75. The van der Waals surface area contributed by atoms with Gasteiger partial charge in [-0.2, -0.15) is 0 Å². The lowest BCUT2D eigenvalue weighted by molar-refractivity contribution is -0.142. The molecule has 2 aromatic rings. The number of unbranched alkanes of at least 4 members (excludes halogenated alkanes) is 1. The number of aliphatic hydroxyl groups is 2. The second kappa shape index (κ2) is 11.7. The van der Waals surface area contributed by atoms with E-state index in [4.69, 9.17) is 9.26 Å². The van der Waals surface area contributed by atoms with Gasteiger partial charge in [-0.25, -0.2) is 4.39 Å². The van der Waals surface area contributed by atoms with Gasteiger partial charge in [0.1, 0.15) is 22.9 Å². The van der Waals surface area contributed by atoms with Crippen molar-refractivity contribution < 1.29 is 43.4 Å². The van der Waals surface area contributed by atoms with Crippen molar-refractivity contribution in [1.82, 2.24) is 20.3 Å². The molecule has 252 valence electrons. The van der Waals surface area contributed by atoms with Crippen LogP contribution >= 0.6 is 0 Å². The number of amides is 1. The van der Waals surface area contributed by atoms with Crippen molar-refractivity contribution in [3.63, 3.8) is 0 Å². The van der Waals surface area contributed by atoms with Crippen molar-refractivity contribution in [3.8, 4) is 11.6 Å². The highest BCUT2D eigenvalue weighted by molar-refractivity contribution is 6.26. The van der Waals surface area contributed by atoms with Crippen LogP contribution in [0.2, 0.25) is 0 Å². The van der Waals surface area contributed by atoms with Gasteiger partial charge in [-0.15, -0.1) is 0 Å². The topological polar surface area (TPSA) is 166 Å². The minimum Gasteiger partial charge on any atom is -0.507 e. The molecular weight excluding hydrogens is 611 g/mol. The SMILES string of the molecule is CCCCOc1noc2c1C(=O)[C@@]1(O)C(=O)C3=C(O)c4c(O)c5c(c(F)c4C[C@H]3C[C@H]1[C@@H]2N(C)C)CN(C(=O)CNC1CCCC1)C5. The van der Waals surface area contributed by atoms with Gasteiger partial charge in [-0.3, -0.25) is 19.3 Å². The van der Waals surface area contributed by atoms with Crippen molar-refractivity contribution in [3.05, 3.63) is 45.0 Å². The average Bonchev–Trinajstić information content (AvgIpc) is 3.81. The van der Waals surface area contributed by atoms with Gasteiger partial charge >= 0.3 is 0 Å². The van der Waals surface area contributed by atoms with E-state index in [1.165, 1.54) is 4.90 Å². The van der Waals surface area contributed by atoms with Gasteiger partial charge in [0, 0.05) is 40.8 Å². The number of aromatic hydroxyl groups is 1. The molecule has 7 rings (SSSR count). The molecule has 47 heavy (non-hydrogen) atoms. The van der Waals surface area contributed by atoms with Gasteiger partial charge in [-0.05, 0) is 57.3 Å². The van der Waals surface area contributed by atoms with E-state index in [0.29, 0.717) is 6.42 Å². The molecule has 0 bridgehead atoms. The summed E-state index contributed by atoms with van der Waals surface area (Å²) in [5.41, 5.74) is -2.76. The number of nitrogens with zero attached hydrogens (tertiary/aromatic N) is 3. The summed E-state index contributed by atoms with van der Waals surface area (Å²) in [4.78, 5) is 44.7. The number of hydrogen-bond donors (Lipinski definition) is 4. The number of aromatic nitrogens is 1. The fourth-order valence-electron chi connectivity index (χ4n) is 8.46. The van der Waals surface area contributed by atoms with Crippen LogP contribution in [0.25, 0.3) is 5.76 Å². The molecular formula is C34H41FN4O8. The van der Waals surface area contributed by atoms with Gasteiger partial charge < -0.3 is 34.8 Å². The molecule has 1 aromatic heterocycles. The van der Waals surface area contributed by atoms with Crippen LogP contribution in [-0.4, -0.2) is 86.6 Å². The molecule has 2 fully saturated rings. The summed E-state index contributed by atoms with van der Waals surface area (Å²) in [7, 11) is 3.46. The molecule has 2 heterocycles. The third kappa shape index (κ3) is 4.72. The number of carbonyl (C=O) groups is 3. The lowest BCUT2D eigenvalue weighted by Crippen LogP contribution is -2.63. The third-order valence-corrected chi connectivity index (χ3v) is 10.9. The Morgan fingerprint density at radius 2 is 1.85 bits per heavy atom. The maximum absolute atomic E-state index is 16.3. The van der Waals surface area contributed by atoms with E-state index in [1.807, 2.05) is 6.92 Å². The van der Waals surface area contributed by atoms with Crippen LogP contribution in [0, 0.1) is 17.7 Å². The molecule has 4 atom stereocenters. The molecule has 13 heteroatoms. The van der Waals surface area contributed by atoms with Crippen molar-refractivity contribution in [2.45, 2.75) is 89.1 Å². The van der Waals surface area contributed by atoms with Crippen molar-refractivity contribution in [2.75, 3.05) is 27.2 Å². The first-order valence-electron chi connectivity index (χ1n) is 16.6. The number of aliphatic hydroxyl groups excluding tert-OH is 1. The zero-order valence-corrected chi connectivity index (χ0v) is 26.9. The number of rotatable bonds is 8. The average molecular weight is 653 g/mol. The summed E-state index contributed by atoms with van der Waals surface area (Å²) in [6.45, 7) is 2.26. The van der Waals surface area contributed by atoms with E-state index in [0.717, 1.165) is 32.1 Å². The zero-order chi connectivity index (χ0) is 33.4. The predicted octanol–water partition coefficient (Wildman–Crippen LogP) is 3.33. The molecule has 1 aliphatic heterocycles. The number of hydrogen-bond acceptors (Lipinski definition) is 11. The minimum atomic E-state index is -2.59. The Morgan fingerprint density at radius 3 is 2.55 bits per heavy atom. The van der Waals surface area contributed by atoms with E-state index in [2.05, 4.69) is 10.5 Å². The number of ether oxygens (including phenoxy) is 1. The smallest absolute Gasteiger partial charge is 0.265 e. The Labute approximate surface area is 271 Å². The number of carbonyl (C=O) groups excluding carboxylic acids is 3. The summed E-state index contributed by atoms with van der Waals surface area (Å²) < 4.78 is 27.6. The number of phenols is 1. The normalized spacial score (nSPS) is 26.8. The van der Waals surface area contributed by atoms with Crippen molar-refractivity contribution in [1.29, 1.82) is 0 Å². The Balaban J connectivity index is 1.24. The second-order valence-corrected chi connectivity index (χ2v) is 13.9. The summed E-state index contributed by atoms with van der Waals surface area (Å²) >= 11 is 0. The molecule has 0 spiro atoms. The maximum atomic E-state index is 16.3.